The van der Waals surface area contributed by atoms with E-state index in [1.54, 1.807) is 0 Å². The molecule has 9 heteroatoms. The lowest BCUT2D eigenvalue weighted by Crippen LogP contribution is -2.02. The number of carboxylic acids is 1. The van der Waals surface area contributed by atoms with Crippen molar-refractivity contribution in [2.75, 3.05) is 6.61 Å². The van der Waals surface area contributed by atoms with Gasteiger partial charge in [-0.1, -0.05) is 0 Å². The van der Waals surface area contributed by atoms with Gasteiger partial charge in [-0.15, -0.1) is 0 Å². The van der Waals surface area contributed by atoms with Crippen molar-refractivity contribution >= 4 is 41.6 Å². The molecule has 0 heterocycles. The van der Waals surface area contributed by atoms with E-state index in [2.05, 4.69) is 15.9 Å². The third kappa shape index (κ3) is 5.26. The van der Waals surface area contributed by atoms with Gasteiger partial charge in [0.15, 0.2) is 0 Å². The van der Waals surface area contributed by atoms with Gasteiger partial charge in [0.1, 0.15) is 16.5 Å². The van der Waals surface area contributed by atoms with Crippen LogP contribution in [0.2, 0.25) is 0 Å². The van der Waals surface area contributed by atoms with Crippen molar-refractivity contribution in [2.45, 2.75) is 24.2 Å². The quantitative estimate of drug-likeness (QED) is 0.572. The second-order valence-electron chi connectivity index (χ2n) is 3.85. The Bertz CT molecular complexity index is 605. The van der Waals surface area contributed by atoms with Crippen LogP contribution in [0.3, 0.4) is 0 Å². The first-order valence-electron chi connectivity index (χ1n) is 5.50. The van der Waals surface area contributed by atoms with Crippen molar-refractivity contribution in [1.29, 1.82) is 0 Å². The van der Waals surface area contributed by atoms with Crippen LogP contribution in [0, 0.1) is 5.82 Å². The van der Waals surface area contributed by atoms with E-state index in [0.29, 0.717) is 12.8 Å². The summed E-state index contributed by atoms with van der Waals surface area (Å²) in [5.74, 6) is -1.78. The summed E-state index contributed by atoms with van der Waals surface area (Å²) in [6.45, 7) is 0.193. The lowest BCUT2D eigenvalue weighted by Gasteiger charge is -2.09. The van der Waals surface area contributed by atoms with Crippen LogP contribution in [0.1, 0.15) is 19.3 Å². The van der Waals surface area contributed by atoms with E-state index in [1.807, 2.05) is 0 Å². The molecule has 1 aromatic rings. The summed E-state index contributed by atoms with van der Waals surface area (Å²) in [4.78, 5) is 9.66. The highest BCUT2D eigenvalue weighted by Crippen LogP contribution is 2.31. The zero-order chi connectivity index (χ0) is 15.3. The topological polar surface area (TPSA) is 80.7 Å². The molecule has 0 atom stereocenters. The van der Waals surface area contributed by atoms with Gasteiger partial charge in [-0.2, -0.15) is 0 Å². The average Bonchev–Trinajstić information content (AvgIpc) is 2.30. The molecule has 0 bridgehead atoms. The fourth-order valence-corrected chi connectivity index (χ4v) is 2.88. The standard InChI is InChI=1S/C11H11BrClFO5S/c12-7-5-10(20(13,17)18)8(14)6-9(7)19-4-2-1-3-11(15)16/h5-6H,1-4H2,(H,15,16). The van der Waals surface area contributed by atoms with Gasteiger partial charge in [-0.3, -0.25) is 4.79 Å². The SMILES string of the molecule is O=C(O)CCCCOc1cc(F)c(S(=O)(=O)Cl)cc1Br. The number of aliphatic carboxylic acids is 1. The van der Waals surface area contributed by atoms with Crippen LogP contribution in [0.15, 0.2) is 21.5 Å². The van der Waals surface area contributed by atoms with Gasteiger partial charge in [-0.25, -0.2) is 12.8 Å². The van der Waals surface area contributed by atoms with Crippen molar-refractivity contribution < 1.29 is 27.4 Å². The molecule has 0 fully saturated rings. The number of hydrogen-bond acceptors (Lipinski definition) is 4. The predicted molar refractivity (Wildman–Crippen MR) is 74.1 cm³/mol. The molecular formula is C11H11BrClFO5S. The van der Waals surface area contributed by atoms with Crippen LogP contribution in [0.25, 0.3) is 0 Å². The molecule has 0 saturated carbocycles. The highest BCUT2D eigenvalue weighted by Gasteiger charge is 2.19. The Morgan fingerprint density at radius 3 is 2.60 bits per heavy atom. The molecule has 0 amide bonds. The highest BCUT2D eigenvalue weighted by molar-refractivity contribution is 9.10. The Labute approximate surface area is 128 Å². The number of rotatable bonds is 7. The summed E-state index contributed by atoms with van der Waals surface area (Å²) in [5.41, 5.74) is 0. The first-order chi connectivity index (χ1) is 9.21. The third-order valence-corrected chi connectivity index (χ3v) is 4.25. The minimum Gasteiger partial charge on any atom is -0.492 e. The Balaban J connectivity index is 2.69. The number of carbonyl (C=O) groups is 1. The van der Waals surface area contributed by atoms with E-state index in [-0.39, 0.29) is 23.2 Å². The molecule has 1 N–H and O–H groups in total. The van der Waals surface area contributed by atoms with Gasteiger partial charge in [0, 0.05) is 23.2 Å². The van der Waals surface area contributed by atoms with Crippen molar-refractivity contribution in [1.82, 2.24) is 0 Å². The number of carboxylic acid groups (broad SMARTS) is 1. The average molecular weight is 390 g/mol. The first kappa shape index (κ1) is 17.2. The monoisotopic (exact) mass is 388 g/mol. The molecule has 112 valence electrons. The third-order valence-electron chi connectivity index (χ3n) is 2.29. The van der Waals surface area contributed by atoms with Gasteiger partial charge < -0.3 is 9.84 Å². The minimum absolute atomic E-state index is 0.0301. The molecule has 0 aliphatic heterocycles. The van der Waals surface area contributed by atoms with Gasteiger partial charge in [-0.05, 0) is 34.8 Å². The van der Waals surface area contributed by atoms with E-state index in [9.17, 15) is 17.6 Å². The highest BCUT2D eigenvalue weighted by atomic mass is 79.9. The normalized spacial score (nSPS) is 11.3. The largest absolute Gasteiger partial charge is 0.492 e. The Kier molecular flexibility index (Phi) is 6.22. The van der Waals surface area contributed by atoms with E-state index in [4.69, 9.17) is 20.5 Å². The molecule has 0 spiro atoms. The summed E-state index contributed by atoms with van der Waals surface area (Å²) in [6.07, 6.45) is 0.946. The Morgan fingerprint density at radius 1 is 1.40 bits per heavy atom. The van der Waals surface area contributed by atoms with Gasteiger partial charge >= 0.3 is 5.97 Å². The molecule has 0 unspecified atom stereocenters. The zero-order valence-electron chi connectivity index (χ0n) is 10.1. The van der Waals surface area contributed by atoms with Crippen molar-refractivity contribution in [3.05, 3.63) is 22.4 Å². The van der Waals surface area contributed by atoms with E-state index in [1.165, 1.54) is 0 Å². The maximum Gasteiger partial charge on any atom is 0.303 e. The van der Waals surface area contributed by atoms with Crippen molar-refractivity contribution in [3.8, 4) is 5.75 Å². The summed E-state index contributed by atoms with van der Waals surface area (Å²) >= 11 is 3.06. The second-order valence-corrected chi connectivity index (χ2v) is 7.24. The van der Waals surface area contributed by atoms with E-state index in [0.717, 1.165) is 12.1 Å². The Morgan fingerprint density at radius 2 is 2.05 bits per heavy atom. The molecule has 0 radical (unpaired) electrons. The van der Waals surface area contributed by atoms with E-state index < -0.39 is 25.7 Å². The molecule has 1 rings (SSSR count). The van der Waals surface area contributed by atoms with E-state index >= 15 is 0 Å². The Hall–Kier alpha value is -0.860. The van der Waals surface area contributed by atoms with Crippen LogP contribution in [0.4, 0.5) is 4.39 Å². The lowest BCUT2D eigenvalue weighted by atomic mass is 10.2. The fourth-order valence-electron chi connectivity index (χ4n) is 1.37. The summed E-state index contributed by atoms with van der Waals surface area (Å²) in [6, 6.07) is 1.93. The molecular weight excluding hydrogens is 379 g/mol. The van der Waals surface area contributed by atoms with Crippen LogP contribution in [-0.2, 0) is 13.8 Å². The summed E-state index contributed by atoms with van der Waals surface area (Å²) in [7, 11) is 0.913. The minimum atomic E-state index is -4.16. The summed E-state index contributed by atoms with van der Waals surface area (Å²) in [5, 5.41) is 8.45. The number of unbranched alkanes of at least 4 members (excludes halogenated alkanes) is 1. The first-order valence-corrected chi connectivity index (χ1v) is 8.60. The maximum atomic E-state index is 13.6. The molecule has 0 aliphatic carbocycles. The van der Waals surface area contributed by atoms with Gasteiger partial charge in [0.25, 0.3) is 9.05 Å². The van der Waals surface area contributed by atoms with Crippen LogP contribution < -0.4 is 4.74 Å². The van der Waals surface area contributed by atoms with Crippen LogP contribution in [-0.4, -0.2) is 26.1 Å². The number of benzene rings is 1. The predicted octanol–water partition coefficient (Wildman–Crippen LogP) is 3.15. The second kappa shape index (κ2) is 7.24. The zero-order valence-corrected chi connectivity index (χ0v) is 13.3. The van der Waals surface area contributed by atoms with Crippen molar-refractivity contribution in [3.63, 3.8) is 0 Å². The molecule has 5 nitrogen and oxygen atoms in total. The maximum absolute atomic E-state index is 13.6. The number of halogens is 3. The number of ether oxygens (including phenoxy) is 1. The summed E-state index contributed by atoms with van der Waals surface area (Å²) < 4.78 is 41.2. The molecule has 20 heavy (non-hydrogen) atoms. The fraction of sp³-hybridized carbons (Fsp3) is 0.364. The molecule has 0 saturated heterocycles. The van der Waals surface area contributed by atoms with Gasteiger partial charge in [0.2, 0.25) is 0 Å². The molecule has 1 aromatic carbocycles. The van der Waals surface area contributed by atoms with Crippen molar-refractivity contribution in [2.24, 2.45) is 0 Å². The number of hydrogen-bond donors (Lipinski definition) is 1. The molecule has 0 aromatic heterocycles. The van der Waals surface area contributed by atoms with Gasteiger partial charge in [0.05, 0.1) is 11.1 Å². The van der Waals surface area contributed by atoms with Crippen LogP contribution >= 0.6 is 26.6 Å². The smallest absolute Gasteiger partial charge is 0.303 e. The van der Waals surface area contributed by atoms with Crippen LogP contribution in [0.5, 0.6) is 5.75 Å². The lowest BCUT2D eigenvalue weighted by molar-refractivity contribution is -0.137. The molecule has 0 aliphatic rings.